The number of rotatable bonds is 3. The molecule has 3 heteroatoms. The highest BCUT2D eigenvalue weighted by Gasteiger charge is 2.28. The predicted molar refractivity (Wildman–Crippen MR) is 71.2 cm³/mol. The van der Waals surface area contributed by atoms with E-state index in [-0.39, 0.29) is 0 Å². The van der Waals surface area contributed by atoms with Crippen molar-refractivity contribution in [1.82, 2.24) is 15.1 Å². The molecule has 0 aromatic rings. The van der Waals surface area contributed by atoms with Crippen LogP contribution < -0.4 is 5.32 Å². The molecule has 2 saturated heterocycles. The Morgan fingerprint density at radius 3 is 2.18 bits per heavy atom. The zero-order valence-corrected chi connectivity index (χ0v) is 11.0. The van der Waals surface area contributed by atoms with E-state index < -0.39 is 0 Å². The standard InChI is InChI=1S/C14H27N3/c1-2-14(3-1)17-10-8-16(9-11-17)12-13-4-6-15-7-5-13/h13-15H,1-12H2. The summed E-state index contributed by atoms with van der Waals surface area (Å²) < 4.78 is 0. The summed E-state index contributed by atoms with van der Waals surface area (Å²) in [6.45, 7) is 9.14. The van der Waals surface area contributed by atoms with Crippen molar-refractivity contribution in [2.45, 2.75) is 38.1 Å². The molecule has 0 atom stereocenters. The summed E-state index contributed by atoms with van der Waals surface area (Å²) in [7, 11) is 0. The topological polar surface area (TPSA) is 18.5 Å². The van der Waals surface area contributed by atoms with E-state index in [1.165, 1.54) is 77.9 Å². The molecule has 17 heavy (non-hydrogen) atoms. The third-order valence-corrected chi connectivity index (χ3v) is 4.97. The minimum absolute atomic E-state index is 0.955. The molecular weight excluding hydrogens is 210 g/mol. The van der Waals surface area contributed by atoms with Crippen molar-refractivity contribution in [3.63, 3.8) is 0 Å². The molecule has 1 N–H and O–H groups in total. The molecule has 0 amide bonds. The molecule has 1 saturated carbocycles. The molecule has 2 aliphatic heterocycles. The summed E-state index contributed by atoms with van der Waals surface area (Å²) in [5, 5.41) is 3.46. The Morgan fingerprint density at radius 2 is 1.59 bits per heavy atom. The third-order valence-electron chi connectivity index (χ3n) is 4.97. The van der Waals surface area contributed by atoms with E-state index in [2.05, 4.69) is 15.1 Å². The van der Waals surface area contributed by atoms with Crippen LogP contribution in [0.15, 0.2) is 0 Å². The lowest BCUT2D eigenvalue weighted by molar-refractivity contribution is 0.0529. The highest BCUT2D eigenvalue weighted by molar-refractivity contribution is 4.84. The average Bonchev–Trinajstić information content (AvgIpc) is 2.31. The Morgan fingerprint density at radius 1 is 0.882 bits per heavy atom. The lowest BCUT2D eigenvalue weighted by Gasteiger charge is -2.43. The SMILES string of the molecule is C1CC(N2CCN(CC3CCNCC3)CC2)C1. The maximum atomic E-state index is 3.46. The number of piperidine rings is 1. The molecule has 3 aliphatic rings. The van der Waals surface area contributed by atoms with Crippen LogP contribution in [0.5, 0.6) is 0 Å². The summed E-state index contributed by atoms with van der Waals surface area (Å²) in [5.74, 6) is 0.964. The maximum absolute atomic E-state index is 3.46. The fourth-order valence-electron chi connectivity index (χ4n) is 3.49. The Bertz CT molecular complexity index is 226. The van der Waals surface area contributed by atoms with Gasteiger partial charge in [0.25, 0.3) is 0 Å². The molecule has 3 nitrogen and oxygen atoms in total. The van der Waals surface area contributed by atoms with Crippen molar-refractivity contribution in [3.05, 3.63) is 0 Å². The van der Waals surface area contributed by atoms with E-state index in [1.807, 2.05) is 0 Å². The van der Waals surface area contributed by atoms with Crippen LogP contribution in [-0.4, -0.2) is 61.7 Å². The Hall–Kier alpha value is -0.120. The fraction of sp³-hybridized carbons (Fsp3) is 1.00. The summed E-state index contributed by atoms with van der Waals surface area (Å²) >= 11 is 0. The summed E-state index contributed by atoms with van der Waals surface area (Å²) in [6.07, 6.45) is 7.19. The molecular formula is C14H27N3. The van der Waals surface area contributed by atoms with Crippen LogP contribution in [0.2, 0.25) is 0 Å². The summed E-state index contributed by atoms with van der Waals surface area (Å²) in [5.41, 5.74) is 0. The van der Waals surface area contributed by atoms with E-state index in [0.717, 1.165) is 12.0 Å². The third kappa shape index (κ3) is 3.01. The highest BCUT2D eigenvalue weighted by atomic mass is 15.3. The zero-order valence-electron chi connectivity index (χ0n) is 11.0. The van der Waals surface area contributed by atoms with E-state index in [1.54, 1.807) is 0 Å². The first kappa shape index (κ1) is 11.9. The first-order chi connectivity index (χ1) is 8.42. The molecule has 0 spiro atoms. The van der Waals surface area contributed by atoms with Gasteiger partial charge in [-0.25, -0.2) is 0 Å². The normalized spacial score (nSPS) is 30.4. The van der Waals surface area contributed by atoms with Crippen molar-refractivity contribution >= 4 is 0 Å². The number of hydrogen-bond donors (Lipinski definition) is 1. The van der Waals surface area contributed by atoms with Crippen LogP contribution in [0, 0.1) is 5.92 Å². The Balaban J connectivity index is 1.38. The van der Waals surface area contributed by atoms with E-state index in [9.17, 15) is 0 Å². The molecule has 98 valence electrons. The second kappa shape index (κ2) is 5.68. The van der Waals surface area contributed by atoms with Gasteiger partial charge in [-0.15, -0.1) is 0 Å². The van der Waals surface area contributed by atoms with E-state index in [4.69, 9.17) is 0 Å². The lowest BCUT2D eigenvalue weighted by Crippen LogP contribution is -2.53. The van der Waals surface area contributed by atoms with E-state index in [0.29, 0.717) is 0 Å². The predicted octanol–water partition coefficient (Wildman–Crippen LogP) is 1.16. The van der Waals surface area contributed by atoms with Crippen LogP contribution in [0.3, 0.4) is 0 Å². The van der Waals surface area contributed by atoms with Gasteiger partial charge in [0.2, 0.25) is 0 Å². The van der Waals surface area contributed by atoms with Crippen LogP contribution in [0.4, 0.5) is 0 Å². The first-order valence-electron chi connectivity index (χ1n) is 7.59. The molecule has 1 aliphatic carbocycles. The summed E-state index contributed by atoms with van der Waals surface area (Å²) in [4.78, 5) is 5.45. The fourth-order valence-corrected chi connectivity index (χ4v) is 3.49. The number of piperazine rings is 1. The molecule has 3 rings (SSSR count). The van der Waals surface area contributed by atoms with Crippen molar-refractivity contribution in [2.75, 3.05) is 45.8 Å². The van der Waals surface area contributed by atoms with Crippen molar-refractivity contribution < 1.29 is 0 Å². The number of hydrogen-bond acceptors (Lipinski definition) is 3. The molecule has 0 unspecified atom stereocenters. The quantitative estimate of drug-likeness (QED) is 0.794. The van der Waals surface area contributed by atoms with Crippen molar-refractivity contribution in [1.29, 1.82) is 0 Å². The van der Waals surface area contributed by atoms with Gasteiger partial charge >= 0.3 is 0 Å². The van der Waals surface area contributed by atoms with Crippen molar-refractivity contribution in [3.8, 4) is 0 Å². The van der Waals surface area contributed by atoms with Gasteiger partial charge in [-0.05, 0) is 44.7 Å². The number of nitrogens with one attached hydrogen (secondary N) is 1. The average molecular weight is 237 g/mol. The van der Waals surface area contributed by atoms with Gasteiger partial charge in [0, 0.05) is 38.8 Å². The Kier molecular flexibility index (Phi) is 3.99. The van der Waals surface area contributed by atoms with Gasteiger partial charge < -0.3 is 10.2 Å². The van der Waals surface area contributed by atoms with Crippen molar-refractivity contribution in [2.24, 2.45) is 5.92 Å². The molecule has 0 aromatic heterocycles. The van der Waals surface area contributed by atoms with Gasteiger partial charge in [-0.3, -0.25) is 4.90 Å². The van der Waals surface area contributed by atoms with E-state index >= 15 is 0 Å². The smallest absolute Gasteiger partial charge is 0.0113 e. The largest absolute Gasteiger partial charge is 0.317 e. The minimum Gasteiger partial charge on any atom is -0.317 e. The zero-order chi connectivity index (χ0) is 11.5. The lowest BCUT2D eigenvalue weighted by atomic mass is 9.91. The second-order valence-corrected chi connectivity index (χ2v) is 6.11. The monoisotopic (exact) mass is 237 g/mol. The molecule has 0 radical (unpaired) electrons. The first-order valence-corrected chi connectivity index (χ1v) is 7.59. The molecule has 0 bridgehead atoms. The summed E-state index contributed by atoms with van der Waals surface area (Å²) in [6, 6.07) is 0.955. The second-order valence-electron chi connectivity index (χ2n) is 6.11. The molecule has 3 fully saturated rings. The van der Waals surface area contributed by atoms with Gasteiger partial charge in [0.15, 0.2) is 0 Å². The molecule has 0 aromatic carbocycles. The maximum Gasteiger partial charge on any atom is 0.0113 e. The number of nitrogens with zero attached hydrogens (tertiary/aromatic N) is 2. The van der Waals surface area contributed by atoms with Crippen LogP contribution in [0.25, 0.3) is 0 Å². The van der Waals surface area contributed by atoms with Gasteiger partial charge in [0.05, 0.1) is 0 Å². The van der Waals surface area contributed by atoms with Crippen LogP contribution in [0.1, 0.15) is 32.1 Å². The van der Waals surface area contributed by atoms with Gasteiger partial charge in [-0.1, -0.05) is 6.42 Å². The minimum atomic E-state index is 0.955. The van der Waals surface area contributed by atoms with Crippen LogP contribution >= 0.6 is 0 Å². The van der Waals surface area contributed by atoms with Gasteiger partial charge in [-0.2, -0.15) is 0 Å². The molecule has 2 heterocycles. The highest BCUT2D eigenvalue weighted by Crippen LogP contribution is 2.25. The van der Waals surface area contributed by atoms with Crippen LogP contribution in [-0.2, 0) is 0 Å². The Labute approximate surface area is 106 Å². The van der Waals surface area contributed by atoms with Gasteiger partial charge in [0.1, 0.15) is 0 Å².